The Balaban J connectivity index is 0.00000529. The maximum absolute atomic E-state index is 12.0. The number of hydrogen-bond donors (Lipinski definition) is 2. The number of nitrogens with zero attached hydrogens (tertiary/aromatic N) is 3. The van der Waals surface area contributed by atoms with Gasteiger partial charge in [-0.3, -0.25) is 14.6 Å². The van der Waals surface area contributed by atoms with Gasteiger partial charge in [0.15, 0.2) is 5.96 Å². The van der Waals surface area contributed by atoms with Crippen LogP contribution in [-0.4, -0.2) is 74.4 Å². The Bertz CT molecular complexity index is 457. The molecule has 2 N–H and O–H groups in total. The molecule has 0 atom stereocenters. The third-order valence-electron chi connectivity index (χ3n) is 4.13. The standard InChI is InChI=1S/C16H31N5O2.HI/c1-12(2)13(22)20-7-9-21(10-8-20)15(18-6)19-11-16(3,4)14(23)17-5;/h12H,7-11H2,1-6H3,(H,17,23)(H,18,19);1H. The summed E-state index contributed by atoms with van der Waals surface area (Å²) in [6.45, 7) is 11.1. The third-order valence-corrected chi connectivity index (χ3v) is 4.13. The molecule has 1 saturated heterocycles. The number of hydrogen-bond acceptors (Lipinski definition) is 3. The lowest BCUT2D eigenvalue weighted by molar-refractivity contribution is -0.135. The fraction of sp³-hybridized carbons (Fsp3) is 0.812. The maximum atomic E-state index is 12.0. The molecule has 24 heavy (non-hydrogen) atoms. The second kappa shape index (κ2) is 10.0. The molecule has 140 valence electrons. The summed E-state index contributed by atoms with van der Waals surface area (Å²) >= 11 is 0. The summed E-state index contributed by atoms with van der Waals surface area (Å²) < 4.78 is 0. The fourth-order valence-electron chi connectivity index (χ4n) is 2.55. The van der Waals surface area contributed by atoms with Crippen LogP contribution in [0.25, 0.3) is 0 Å². The molecular weight excluding hydrogens is 421 g/mol. The van der Waals surface area contributed by atoms with Crippen molar-refractivity contribution in [3.63, 3.8) is 0 Å². The van der Waals surface area contributed by atoms with E-state index in [2.05, 4.69) is 20.5 Å². The predicted octanol–water partition coefficient (Wildman–Crippen LogP) is 0.752. The lowest BCUT2D eigenvalue weighted by atomic mass is 9.92. The first kappa shape index (κ1) is 22.9. The summed E-state index contributed by atoms with van der Waals surface area (Å²) in [7, 11) is 3.38. The van der Waals surface area contributed by atoms with E-state index in [1.54, 1.807) is 14.1 Å². The van der Waals surface area contributed by atoms with E-state index in [0.717, 1.165) is 19.0 Å². The van der Waals surface area contributed by atoms with Crippen molar-refractivity contribution >= 4 is 41.8 Å². The lowest BCUT2D eigenvalue weighted by Gasteiger charge is -2.37. The summed E-state index contributed by atoms with van der Waals surface area (Å²) in [6.07, 6.45) is 0. The van der Waals surface area contributed by atoms with Gasteiger partial charge in [0.25, 0.3) is 0 Å². The molecular formula is C16H32IN5O2. The van der Waals surface area contributed by atoms with Gasteiger partial charge in [-0.15, -0.1) is 24.0 Å². The van der Waals surface area contributed by atoms with Crippen LogP contribution >= 0.6 is 24.0 Å². The molecule has 0 spiro atoms. The first-order chi connectivity index (χ1) is 10.7. The number of aliphatic imine (C=N–C) groups is 1. The molecule has 1 fully saturated rings. The molecule has 0 saturated carbocycles. The van der Waals surface area contributed by atoms with Gasteiger partial charge in [-0.2, -0.15) is 0 Å². The van der Waals surface area contributed by atoms with Crippen molar-refractivity contribution in [1.82, 2.24) is 20.4 Å². The Morgan fingerprint density at radius 3 is 2.04 bits per heavy atom. The first-order valence-electron chi connectivity index (χ1n) is 8.19. The highest BCUT2D eigenvalue weighted by Gasteiger charge is 2.29. The predicted molar refractivity (Wildman–Crippen MR) is 108 cm³/mol. The van der Waals surface area contributed by atoms with E-state index in [9.17, 15) is 9.59 Å². The Morgan fingerprint density at radius 2 is 1.62 bits per heavy atom. The normalized spacial score (nSPS) is 15.9. The average Bonchev–Trinajstić information content (AvgIpc) is 2.54. The highest BCUT2D eigenvalue weighted by molar-refractivity contribution is 14.0. The number of halogens is 1. The molecule has 0 aromatic heterocycles. The molecule has 1 aliphatic heterocycles. The maximum Gasteiger partial charge on any atom is 0.227 e. The number of piperazine rings is 1. The molecule has 2 amide bonds. The van der Waals surface area contributed by atoms with Gasteiger partial charge < -0.3 is 20.4 Å². The van der Waals surface area contributed by atoms with E-state index in [0.29, 0.717) is 19.6 Å². The van der Waals surface area contributed by atoms with Crippen LogP contribution in [0.15, 0.2) is 4.99 Å². The van der Waals surface area contributed by atoms with E-state index >= 15 is 0 Å². The van der Waals surface area contributed by atoms with Crippen molar-refractivity contribution in [3.05, 3.63) is 0 Å². The molecule has 0 radical (unpaired) electrons. The average molecular weight is 453 g/mol. The quantitative estimate of drug-likeness (QED) is 0.374. The van der Waals surface area contributed by atoms with E-state index in [4.69, 9.17) is 0 Å². The number of guanidine groups is 1. The van der Waals surface area contributed by atoms with Gasteiger partial charge in [-0.1, -0.05) is 13.8 Å². The second-order valence-electron chi connectivity index (χ2n) is 6.83. The molecule has 0 aliphatic carbocycles. The number of amides is 2. The number of nitrogens with one attached hydrogen (secondary N) is 2. The van der Waals surface area contributed by atoms with Gasteiger partial charge >= 0.3 is 0 Å². The molecule has 1 rings (SSSR count). The van der Waals surface area contributed by atoms with E-state index in [1.165, 1.54) is 0 Å². The topological polar surface area (TPSA) is 77.0 Å². The van der Waals surface area contributed by atoms with Crippen LogP contribution < -0.4 is 10.6 Å². The van der Waals surface area contributed by atoms with Crippen molar-refractivity contribution in [2.24, 2.45) is 16.3 Å². The minimum atomic E-state index is -0.514. The van der Waals surface area contributed by atoms with Crippen LogP contribution in [0, 0.1) is 11.3 Å². The van der Waals surface area contributed by atoms with Crippen molar-refractivity contribution in [2.75, 3.05) is 46.8 Å². The monoisotopic (exact) mass is 453 g/mol. The van der Waals surface area contributed by atoms with Crippen LogP contribution in [0.4, 0.5) is 0 Å². The van der Waals surface area contributed by atoms with Crippen molar-refractivity contribution in [1.29, 1.82) is 0 Å². The van der Waals surface area contributed by atoms with Crippen LogP contribution in [0.2, 0.25) is 0 Å². The Morgan fingerprint density at radius 1 is 1.12 bits per heavy atom. The van der Waals surface area contributed by atoms with Gasteiger partial charge in [0.1, 0.15) is 0 Å². The number of rotatable bonds is 4. The Hall–Kier alpha value is -1.06. The molecule has 1 heterocycles. The summed E-state index contributed by atoms with van der Waals surface area (Å²) in [5.41, 5.74) is -0.514. The SMILES string of the molecule is CN=C(NCC(C)(C)C(=O)NC)N1CCN(C(=O)C(C)C)CC1.I. The van der Waals surface area contributed by atoms with Gasteiger partial charge in [0.2, 0.25) is 11.8 Å². The van der Waals surface area contributed by atoms with Crippen molar-refractivity contribution in [2.45, 2.75) is 27.7 Å². The largest absolute Gasteiger partial charge is 0.359 e. The molecule has 0 aromatic carbocycles. The lowest BCUT2D eigenvalue weighted by Crippen LogP contribution is -2.55. The second-order valence-corrected chi connectivity index (χ2v) is 6.83. The molecule has 0 unspecified atom stereocenters. The van der Waals surface area contributed by atoms with Crippen molar-refractivity contribution < 1.29 is 9.59 Å². The minimum Gasteiger partial charge on any atom is -0.359 e. The Labute approximate surface area is 162 Å². The fourth-order valence-corrected chi connectivity index (χ4v) is 2.55. The highest BCUT2D eigenvalue weighted by atomic mass is 127. The third kappa shape index (κ3) is 6.10. The van der Waals surface area contributed by atoms with Gasteiger partial charge in [0, 0.05) is 52.7 Å². The van der Waals surface area contributed by atoms with E-state index < -0.39 is 5.41 Å². The van der Waals surface area contributed by atoms with Crippen LogP contribution in [-0.2, 0) is 9.59 Å². The van der Waals surface area contributed by atoms with E-state index in [1.807, 2.05) is 32.6 Å². The van der Waals surface area contributed by atoms with Crippen LogP contribution in [0.1, 0.15) is 27.7 Å². The Kier molecular flexibility index (Phi) is 9.61. The zero-order chi connectivity index (χ0) is 17.6. The summed E-state index contributed by atoms with van der Waals surface area (Å²) in [5, 5.41) is 5.95. The number of carbonyl (C=O) groups excluding carboxylic acids is 2. The molecule has 1 aliphatic rings. The first-order valence-corrected chi connectivity index (χ1v) is 8.19. The zero-order valence-electron chi connectivity index (χ0n) is 15.7. The van der Waals surface area contributed by atoms with Gasteiger partial charge in [0.05, 0.1) is 5.41 Å². The molecule has 8 heteroatoms. The smallest absolute Gasteiger partial charge is 0.227 e. The molecule has 7 nitrogen and oxygen atoms in total. The van der Waals surface area contributed by atoms with Crippen molar-refractivity contribution in [3.8, 4) is 0 Å². The summed E-state index contributed by atoms with van der Waals surface area (Å²) in [5.74, 6) is 1.01. The van der Waals surface area contributed by atoms with Crippen LogP contribution in [0.5, 0.6) is 0 Å². The molecule has 0 aromatic rings. The highest BCUT2D eigenvalue weighted by Crippen LogP contribution is 2.14. The number of carbonyl (C=O) groups is 2. The minimum absolute atomic E-state index is 0. The van der Waals surface area contributed by atoms with Gasteiger partial charge in [-0.25, -0.2) is 0 Å². The summed E-state index contributed by atoms with van der Waals surface area (Å²) in [6, 6.07) is 0. The van der Waals surface area contributed by atoms with E-state index in [-0.39, 0.29) is 41.7 Å². The summed E-state index contributed by atoms with van der Waals surface area (Å²) in [4.78, 5) is 32.2. The zero-order valence-corrected chi connectivity index (χ0v) is 18.0. The molecule has 0 bridgehead atoms. The van der Waals surface area contributed by atoms with Crippen LogP contribution in [0.3, 0.4) is 0 Å². The van der Waals surface area contributed by atoms with Gasteiger partial charge in [-0.05, 0) is 13.8 Å².